The summed E-state index contributed by atoms with van der Waals surface area (Å²) in [5.41, 5.74) is -0.915. The van der Waals surface area contributed by atoms with Gasteiger partial charge < -0.3 is 10.2 Å². The molecule has 4 nitrogen and oxygen atoms in total. The van der Waals surface area contributed by atoms with Crippen LogP contribution in [0.15, 0.2) is 12.1 Å². The molecule has 98 valence electrons. The second-order valence-corrected chi connectivity index (χ2v) is 5.28. The second kappa shape index (κ2) is 4.76. The summed E-state index contributed by atoms with van der Waals surface area (Å²) < 4.78 is 13.5. The van der Waals surface area contributed by atoms with Crippen LogP contribution < -0.4 is 0 Å². The van der Waals surface area contributed by atoms with Gasteiger partial charge in [0, 0.05) is 6.42 Å². The largest absolute Gasteiger partial charge is 0.504 e. The molecule has 0 heterocycles. The van der Waals surface area contributed by atoms with E-state index < -0.39 is 34.4 Å². The Morgan fingerprint density at radius 1 is 1.22 bits per heavy atom. The molecule has 0 spiro atoms. The van der Waals surface area contributed by atoms with Crippen LogP contribution in [0.2, 0.25) is 0 Å². The average Bonchev–Trinajstić information content (AvgIpc) is 2.23. The van der Waals surface area contributed by atoms with Gasteiger partial charge >= 0.3 is 0 Å². The second-order valence-electron chi connectivity index (χ2n) is 5.28. The molecule has 0 amide bonds. The third kappa shape index (κ3) is 3.06. The van der Waals surface area contributed by atoms with Crippen LogP contribution in [0, 0.1) is 11.2 Å². The van der Waals surface area contributed by atoms with Gasteiger partial charge in [-0.05, 0) is 17.5 Å². The highest BCUT2D eigenvalue weighted by Gasteiger charge is 2.26. The summed E-state index contributed by atoms with van der Waals surface area (Å²) in [5, 5.41) is 18.2. The quantitative estimate of drug-likeness (QED) is 0.493. The highest BCUT2D eigenvalue weighted by molar-refractivity contribution is 6.43. The summed E-state index contributed by atoms with van der Waals surface area (Å²) in [5.74, 6) is -4.71. The van der Waals surface area contributed by atoms with Crippen molar-refractivity contribution in [2.24, 2.45) is 5.41 Å². The molecule has 1 rings (SSSR count). The number of phenolic OH excluding ortho intramolecular Hbond substituents is 2. The third-order valence-electron chi connectivity index (χ3n) is 2.28. The summed E-state index contributed by atoms with van der Waals surface area (Å²) in [6, 6.07) is 1.95. The summed E-state index contributed by atoms with van der Waals surface area (Å²) >= 11 is 0. The van der Waals surface area contributed by atoms with E-state index in [4.69, 9.17) is 10.2 Å². The minimum absolute atomic E-state index is 0.0209. The van der Waals surface area contributed by atoms with E-state index in [1.165, 1.54) is 0 Å². The molecule has 0 bridgehead atoms. The number of hydrogen-bond donors (Lipinski definition) is 2. The molecule has 0 aliphatic rings. The van der Waals surface area contributed by atoms with Crippen LogP contribution in [-0.2, 0) is 4.79 Å². The van der Waals surface area contributed by atoms with E-state index in [-0.39, 0.29) is 11.8 Å². The number of Topliss-reactive ketones (excluding diaryl/α,β-unsaturated/α-hetero) is 2. The molecule has 18 heavy (non-hydrogen) atoms. The van der Waals surface area contributed by atoms with Crippen molar-refractivity contribution < 1.29 is 24.2 Å². The van der Waals surface area contributed by atoms with Gasteiger partial charge in [-0.2, -0.15) is 0 Å². The Hall–Kier alpha value is -1.91. The van der Waals surface area contributed by atoms with E-state index in [0.29, 0.717) is 0 Å². The maximum absolute atomic E-state index is 13.5. The molecule has 0 aromatic heterocycles. The van der Waals surface area contributed by atoms with Crippen LogP contribution in [0.3, 0.4) is 0 Å². The highest BCUT2D eigenvalue weighted by atomic mass is 19.1. The van der Waals surface area contributed by atoms with Gasteiger partial charge in [0.15, 0.2) is 17.3 Å². The maximum atomic E-state index is 13.5. The Kier molecular flexibility index (Phi) is 3.74. The minimum atomic E-state index is -1.28. The van der Waals surface area contributed by atoms with E-state index >= 15 is 0 Å². The smallest absolute Gasteiger partial charge is 0.231 e. The molecule has 0 unspecified atom stereocenters. The number of hydrogen-bond acceptors (Lipinski definition) is 4. The first-order valence-electron chi connectivity index (χ1n) is 5.41. The molecule has 1 aromatic carbocycles. The zero-order chi connectivity index (χ0) is 14.1. The number of phenols is 2. The van der Waals surface area contributed by atoms with Gasteiger partial charge in [-0.1, -0.05) is 20.8 Å². The molecule has 0 fully saturated rings. The first-order valence-corrected chi connectivity index (χ1v) is 5.41. The lowest BCUT2D eigenvalue weighted by Gasteiger charge is -2.16. The lowest BCUT2D eigenvalue weighted by atomic mass is 9.87. The molecule has 0 atom stereocenters. The number of carbonyl (C=O) groups excluding carboxylic acids is 2. The van der Waals surface area contributed by atoms with Crippen molar-refractivity contribution in [2.45, 2.75) is 27.2 Å². The normalized spacial score (nSPS) is 11.3. The van der Waals surface area contributed by atoms with Crippen molar-refractivity contribution >= 4 is 11.6 Å². The topological polar surface area (TPSA) is 74.6 Å². The SMILES string of the molecule is CC(C)(C)CC(=O)C(=O)c1ccc(O)c(O)c1F. The summed E-state index contributed by atoms with van der Waals surface area (Å²) in [7, 11) is 0. The first-order chi connectivity index (χ1) is 8.13. The van der Waals surface area contributed by atoms with Crippen LogP contribution in [0.5, 0.6) is 11.5 Å². The highest BCUT2D eigenvalue weighted by Crippen LogP contribution is 2.30. The fourth-order valence-corrected chi connectivity index (χ4v) is 1.44. The molecular weight excluding hydrogens is 239 g/mol. The fourth-order valence-electron chi connectivity index (χ4n) is 1.44. The van der Waals surface area contributed by atoms with Crippen molar-refractivity contribution in [3.63, 3.8) is 0 Å². The molecule has 2 N–H and O–H groups in total. The molecule has 0 saturated heterocycles. The molecular formula is C13H15FO4. The van der Waals surface area contributed by atoms with Crippen molar-refractivity contribution in [3.8, 4) is 11.5 Å². The van der Waals surface area contributed by atoms with Gasteiger partial charge in [0.25, 0.3) is 0 Å². The molecule has 1 aromatic rings. The number of aromatic hydroxyl groups is 2. The van der Waals surface area contributed by atoms with Crippen LogP contribution >= 0.6 is 0 Å². The standard InChI is InChI=1S/C13H15FO4/c1-13(2,3)6-9(16)11(17)7-4-5-8(15)12(18)10(7)14/h4-5,15,18H,6H2,1-3H3. The predicted molar refractivity (Wildman–Crippen MR) is 63.1 cm³/mol. The van der Waals surface area contributed by atoms with Crippen molar-refractivity contribution in [1.82, 2.24) is 0 Å². The summed E-state index contributed by atoms with van der Waals surface area (Å²) in [6.45, 7) is 5.34. The van der Waals surface area contributed by atoms with Gasteiger partial charge in [-0.25, -0.2) is 4.39 Å². The summed E-state index contributed by atoms with van der Waals surface area (Å²) in [6.07, 6.45) is -0.0209. The molecule has 0 saturated carbocycles. The van der Waals surface area contributed by atoms with E-state index in [1.807, 2.05) is 0 Å². The number of ketones is 2. The number of rotatable bonds is 3. The van der Waals surface area contributed by atoms with Gasteiger partial charge in [0.1, 0.15) is 0 Å². The number of benzene rings is 1. The van der Waals surface area contributed by atoms with Crippen LogP contribution in [0.1, 0.15) is 37.6 Å². The van der Waals surface area contributed by atoms with Crippen LogP contribution in [0.4, 0.5) is 4.39 Å². The zero-order valence-electron chi connectivity index (χ0n) is 10.5. The Balaban J connectivity index is 3.06. The summed E-state index contributed by atoms with van der Waals surface area (Å²) in [4.78, 5) is 23.4. The molecule has 0 aliphatic heterocycles. The Labute approximate surface area is 104 Å². The lowest BCUT2D eigenvalue weighted by Crippen LogP contribution is -2.21. The first kappa shape index (κ1) is 14.2. The van der Waals surface area contributed by atoms with Gasteiger partial charge in [0.05, 0.1) is 5.56 Å². The number of halogens is 1. The van der Waals surface area contributed by atoms with Crippen molar-refractivity contribution in [2.75, 3.05) is 0 Å². The fraction of sp³-hybridized carbons (Fsp3) is 0.385. The zero-order valence-corrected chi connectivity index (χ0v) is 10.5. The lowest BCUT2D eigenvalue weighted by molar-refractivity contribution is -0.116. The maximum Gasteiger partial charge on any atom is 0.231 e. The van der Waals surface area contributed by atoms with Crippen LogP contribution in [0.25, 0.3) is 0 Å². The van der Waals surface area contributed by atoms with Gasteiger partial charge in [-0.3, -0.25) is 9.59 Å². The third-order valence-corrected chi connectivity index (χ3v) is 2.28. The average molecular weight is 254 g/mol. The molecule has 0 aliphatic carbocycles. The van der Waals surface area contributed by atoms with Crippen molar-refractivity contribution in [3.05, 3.63) is 23.5 Å². The Bertz CT molecular complexity index is 500. The molecule has 5 heteroatoms. The number of carbonyl (C=O) groups is 2. The van der Waals surface area contributed by atoms with Gasteiger partial charge in [-0.15, -0.1) is 0 Å². The molecule has 0 radical (unpaired) electrons. The Morgan fingerprint density at radius 2 is 1.78 bits per heavy atom. The van der Waals surface area contributed by atoms with Crippen molar-refractivity contribution in [1.29, 1.82) is 0 Å². The predicted octanol–water partition coefficient (Wildman–Crippen LogP) is 2.42. The van der Waals surface area contributed by atoms with Gasteiger partial charge in [0.2, 0.25) is 11.6 Å². The van der Waals surface area contributed by atoms with E-state index in [9.17, 15) is 14.0 Å². The van der Waals surface area contributed by atoms with E-state index in [2.05, 4.69) is 0 Å². The monoisotopic (exact) mass is 254 g/mol. The Morgan fingerprint density at radius 3 is 2.28 bits per heavy atom. The van der Waals surface area contributed by atoms with Crippen LogP contribution in [-0.4, -0.2) is 21.8 Å². The van der Waals surface area contributed by atoms with E-state index in [1.54, 1.807) is 20.8 Å². The minimum Gasteiger partial charge on any atom is -0.504 e. The van der Waals surface area contributed by atoms with E-state index in [0.717, 1.165) is 12.1 Å².